The molecule has 2 aliphatic rings. The molecule has 1 aromatic carbocycles. The minimum atomic E-state index is -0.280. The van der Waals surface area contributed by atoms with Crippen molar-refractivity contribution in [3.63, 3.8) is 0 Å². The molecule has 8 nitrogen and oxygen atoms in total. The van der Waals surface area contributed by atoms with Crippen LogP contribution in [-0.4, -0.2) is 65.6 Å². The third-order valence-electron chi connectivity index (χ3n) is 7.02. The average molecular weight is 566 g/mol. The van der Waals surface area contributed by atoms with Crippen molar-refractivity contribution in [1.82, 2.24) is 9.47 Å². The molecule has 0 aliphatic carbocycles. The minimum absolute atomic E-state index is 0.119. The van der Waals surface area contributed by atoms with Gasteiger partial charge in [0.15, 0.2) is 0 Å². The lowest BCUT2D eigenvalue weighted by molar-refractivity contribution is -0.122. The van der Waals surface area contributed by atoms with Crippen LogP contribution in [0.4, 0.5) is 11.5 Å². The summed E-state index contributed by atoms with van der Waals surface area (Å²) in [5, 5.41) is 9.90. The fourth-order valence-electron chi connectivity index (χ4n) is 5.02. The first kappa shape index (κ1) is 28.9. The molecular weight excluding hydrogens is 530 g/mol. The lowest BCUT2D eigenvalue weighted by Gasteiger charge is -2.39. The van der Waals surface area contributed by atoms with Gasteiger partial charge in [-0.2, -0.15) is 5.26 Å². The summed E-state index contributed by atoms with van der Waals surface area (Å²) in [5.74, 6) is 0.625. The van der Waals surface area contributed by atoms with E-state index in [1.807, 2.05) is 38.1 Å². The molecule has 206 valence electrons. The van der Waals surface area contributed by atoms with Crippen molar-refractivity contribution in [3.8, 4) is 6.07 Å². The third kappa shape index (κ3) is 6.21. The highest BCUT2D eigenvalue weighted by Gasteiger charge is 2.33. The van der Waals surface area contributed by atoms with Crippen LogP contribution in [0.2, 0.25) is 0 Å². The van der Waals surface area contributed by atoms with Gasteiger partial charge in [-0.25, -0.2) is 0 Å². The molecule has 39 heavy (non-hydrogen) atoms. The Morgan fingerprint density at radius 1 is 1.08 bits per heavy atom. The molecule has 2 aliphatic heterocycles. The predicted molar refractivity (Wildman–Crippen MR) is 162 cm³/mol. The summed E-state index contributed by atoms with van der Waals surface area (Å²) < 4.78 is 7.65. The summed E-state index contributed by atoms with van der Waals surface area (Å²) in [4.78, 5) is 33.5. The van der Waals surface area contributed by atoms with Gasteiger partial charge in [0, 0.05) is 63.7 Å². The number of amides is 1. The number of rotatable bonds is 10. The molecule has 0 bridgehead atoms. The van der Waals surface area contributed by atoms with Crippen LogP contribution in [0.5, 0.6) is 0 Å². The summed E-state index contributed by atoms with van der Waals surface area (Å²) in [6, 6.07) is 12.4. The van der Waals surface area contributed by atoms with E-state index in [-0.39, 0.29) is 17.0 Å². The molecule has 0 saturated carbocycles. The van der Waals surface area contributed by atoms with Crippen LogP contribution in [0.3, 0.4) is 0 Å². The van der Waals surface area contributed by atoms with Crippen LogP contribution in [-0.2, 0) is 16.1 Å². The quantitative estimate of drug-likeness (QED) is 0.238. The van der Waals surface area contributed by atoms with Crippen molar-refractivity contribution < 1.29 is 9.53 Å². The first-order valence-electron chi connectivity index (χ1n) is 13.5. The summed E-state index contributed by atoms with van der Waals surface area (Å²) >= 11 is 6.81. The van der Waals surface area contributed by atoms with Gasteiger partial charge in [-0.05, 0) is 50.5 Å². The fraction of sp³-hybridized carbons (Fsp3) is 0.448. The molecule has 2 fully saturated rings. The Balaban J connectivity index is 1.72. The van der Waals surface area contributed by atoms with Crippen molar-refractivity contribution in [2.75, 3.05) is 55.7 Å². The zero-order valence-corrected chi connectivity index (χ0v) is 24.4. The SMILES string of the molecule is CCCn1c(N2CCN(c3ccccc3)CC2)c(C=C2SC(=S)N(CCCOCC)C2=O)c(C)c(C#N)c1=O. The number of carbonyl (C=O) groups excluding carboxylic acids is 1. The van der Waals surface area contributed by atoms with Gasteiger partial charge >= 0.3 is 0 Å². The number of thioether (sulfide) groups is 1. The highest BCUT2D eigenvalue weighted by atomic mass is 32.2. The second kappa shape index (κ2) is 13.3. The second-order valence-corrected chi connectivity index (χ2v) is 11.2. The van der Waals surface area contributed by atoms with Crippen molar-refractivity contribution in [2.24, 2.45) is 0 Å². The molecule has 0 spiro atoms. The van der Waals surface area contributed by atoms with Gasteiger partial charge in [-0.15, -0.1) is 0 Å². The molecule has 0 N–H and O–H groups in total. The maximum absolute atomic E-state index is 13.5. The maximum atomic E-state index is 13.5. The normalized spacial score (nSPS) is 16.9. The Morgan fingerprint density at radius 2 is 1.77 bits per heavy atom. The first-order valence-corrected chi connectivity index (χ1v) is 14.7. The van der Waals surface area contributed by atoms with Gasteiger partial charge < -0.3 is 14.5 Å². The number of anilines is 2. The molecule has 0 atom stereocenters. The molecule has 1 amide bonds. The van der Waals surface area contributed by atoms with Gasteiger partial charge in [-0.3, -0.25) is 19.1 Å². The Labute approximate surface area is 239 Å². The molecule has 2 aromatic rings. The molecule has 10 heteroatoms. The van der Waals surface area contributed by atoms with Gasteiger partial charge in [0.1, 0.15) is 21.8 Å². The summed E-state index contributed by atoms with van der Waals surface area (Å²) in [5.41, 5.74) is 2.35. The van der Waals surface area contributed by atoms with Crippen LogP contribution >= 0.6 is 24.0 Å². The number of benzene rings is 1. The van der Waals surface area contributed by atoms with E-state index in [0.29, 0.717) is 60.6 Å². The number of piperazine rings is 1. The number of thiocarbonyl (C=S) groups is 1. The monoisotopic (exact) mass is 565 g/mol. The van der Waals surface area contributed by atoms with Gasteiger partial charge in [0.05, 0.1) is 4.91 Å². The smallest absolute Gasteiger partial charge is 0.270 e. The first-order chi connectivity index (χ1) is 18.9. The zero-order chi connectivity index (χ0) is 27.9. The minimum Gasteiger partial charge on any atom is -0.382 e. The maximum Gasteiger partial charge on any atom is 0.270 e. The highest BCUT2D eigenvalue weighted by molar-refractivity contribution is 8.26. The van der Waals surface area contributed by atoms with E-state index >= 15 is 0 Å². The van der Waals surface area contributed by atoms with Crippen molar-refractivity contribution >= 4 is 51.8 Å². The van der Waals surface area contributed by atoms with E-state index in [2.05, 4.69) is 28.0 Å². The van der Waals surface area contributed by atoms with Crippen LogP contribution in [0.15, 0.2) is 40.0 Å². The van der Waals surface area contributed by atoms with Gasteiger partial charge in [-0.1, -0.05) is 49.1 Å². The second-order valence-electron chi connectivity index (χ2n) is 9.50. The van der Waals surface area contributed by atoms with E-state index in [4.69, 9.17) is 17.0 Å². The molecule has 3 heterocycles. The molecule has 0 radical (unpaired) electrons. The van der Waals surface area contributed by atoms with Crippen molar-refractivity contribution in [2.45, 2.75) is 40.2 Å². The van der Waals surface area contributed by atoms with Gasteiger partial charge in [0.25, 0.3) is 11.5 Å². The summed E-state index contributed by atoms with van der Waals surface area (Å²) in [6.45, 7) is 11.0. The number of para-hydroxylation sites is 1. The average Bonchev–Trinajstić information content (AvgIpc) is 3.22. The van der Waals surface area contributed by atoms with E-state index in [1.54, 1.807) is 16.4 Å². The summed E-state index contributed by atoms with van der Waals surface area (Å²) in [7, 11) is 0. The van der Waals surface area contributed by atoms with E-state index < -0.39 is 0 Å². The number of nitrogens with zero attached hydrogens (tertiary/aromatic N) is 5. The number of hydrogen-bond acceptors (Lipinski definition) is 8. The number of ether oxygens (including phenoxy) is 1. The van der Waals surface area contributed by atoms with E-state index in [9.17, 15) is 14.9 Å². The van der Waals surface area contributed by atoms with E-state index in [1.165, 1.54) is 17.4 Å². The zero-order valence-electron chi connectivity index (χ0n) is 22.8. The van der Waals surface area contributed by atoms with Crippen LogP contribution in [0.25, 0.3) is 6.08 Å². The number of hydrogen-bond donors (Lipinski definition) is 0. The number of aromatic nitrogens is 1. The highest BCUT2D eigenvalue weighted by Crippen LogP contribution is 2.36. The largest absolute Gasteiger partial charge is 0.382 e. The molecule has 4 rings (SSSR count). The lowest BCUT2D eigenvalue weighted by Crippen LogP contribution is -2.48. The van der Waals surface area contributed by atoms with Crippen LogP contribution < -0.4 is 15.4 Å². The lowest BCUT2D eigenvalue weighted by atomic mass is 10.0. The van der Waals surface area contributed by atoms with Crippen LogP contribution in [0.1, 0.15) is 43.4 Å². The van der Waals surface area contributed by atoms with Crippen molar-refractivity contribution in [3.05, 3.63) is 62.3 Å². The number of pyridine rings is 1. The van der Waals surface area contributed by atoms with E-state index in [0.717, 1.165) is 30.9 Å². The van der Waals surface area contributed by atoms with Crippen LogP contribution in [0, 0.1) is 18.3 Å². The van der Waals surface area contributed by atoms with Crippen molar-refractivity contribution in [1.29, 1.82) is 5.26 Å². The standard InChI is InChI=1S/C29H35N5O3S2/c1-4-12-33-26(32-16-14-31(15-17-32)22-10-7-6-8-11-22)23(21(3)24(20-30)27(33)35)19-25-28(36)34(29(38)39-25)13-9-18-37-5-2/h6-8,10-11,19H,4-5,9,12-18H2,1-3H3. The van der Waals surface area contributed by atoms with Gasteiger partial charge in [0.2, 0.25) is 0 Å². The number of carbonyl (C=O) groups is 1. The predicted octanol–water partition coefficient (Wildman–Crippen LogP) is 4.39. The Kier molecular flexibility index (Phi) is 9.83. The molecule has 2 saturated heterocycles. The molecule has 0 unspecified atom stereocenters. The Bertz CT molecular complexity index is 1340. The summed E-state index contributed by atoms with van der Waals surface area (Å²) in [6.07, 6.45) is 3.28. The Hall–Kier alpha value is -3.13. The fourth-order valence-corrected chi connectivity index (χ4v) is 6.31. The topological polar surface area (TPSA) is 81.8 Å². The molecular formula is C29H35N5O3S2. The Morgan fingerprint density at radius 3 is 2.41 bits per heavy atom. The third-order valence-corrected chi connectivity index (χ3v) is 8.40. The molecule has 1 aromatic heterocycles. The number of nitriles is 1.